The van der Waals surface area contributed by atoms with Crippen LogP contribution in [0.15, 0.2) is 14.4 Å². The number of thioether (sulfide) groups is 3. The van der Waals surface area contributed by atoms with Gasteiger partial charge >= 0.3 is 32.5 Å². The second kappa shape index (κ2) is 40.2. The van der Waals surface area contributed by atoms with Gasteiger partial charge in [-0.25, -0.2) is 15.0 Å². The van der Waals surface area contributed by atoms with Crippen LogP contribution >= 0.6 is 193 Å². The van der Waals surface area contributed by atoms with Gasteiger partial charge in [0.25, 0.3) is 0 Å². The van der Waals surface area contributed by atoms with Crippen LogP contribution in [0.25, 0.3) is 31.0 Å². The molecule has 6 aromatic heterocycles. The molecule has 22 atom stereocenters. The molecule has 0 radical (unpaired) electrons. The lowest BCUT2D eigenvalue weighted by Gasteiger charge is -2.18. The zero-order chi connectivity index (χ0) is 68.8. The number of aliphatic hydroxyl groups is 2. The van der Waals surface area contributed by atoms with Gasteiger partial charge in [-0.2, -0.15) is 15.0 Å². The number of carboxylic acid groups (broad SMARTS) is 1. The molecule has 26 nitrogen and oxygen atoms in total. The smallest absolute Gasteiger partial charge is 0.311 e. The lowest BCUT2D eigenvalue weighted by Crippen LogP contribution is -2.29. The maximum Gasteiger partial charge on any atom is 0.311 e. The second-order valence-electron chi connectivity index (χ2n) is 19.2. The molecule has 510 valence electrons. The minimum Gasteiger partial charge on any atom is -0.481 e. The molecular formula is C44H79N12O14P15S6. The van der Waals surface area contributed by atoms with E-state index in [4.69, 9.17) is 46.0 Å². The molecule has 3 fully saturated rings. The number of anilines is 3. The number of aliphatic hydroxyl groups excluding tert-OH is 2. The summed E-state index contributed by atoms with van der Waals surface area (Å²) >= 11 is 7.04. The van der Waals surface area contributed by atoms with Crippen molar-refractivity contribution >= 4 is 259 Å². The number of carbonyl (C=O) groups excluding carboxylic acids is 2. The number of hydrogen-bond donors (Lipinski definition) is 6. The summed E-state index contributed by atoms with van der Waals surface area (Å²) in [6, 6.07) is 0. The molecule has 0 spiro atoms. The number of nitrogen functional groups attached to an aromatic ring is 3. The minimum absolute atomic E-state index is 0.0269. The number of esters is 2. The van der Waals surface area contributed by atoms with Gasteiger partial charge in [-0.15, -0.1) is 116 Å². The molecule has 3 saturated heterocycles. The molecule has 3 aliphatic rings. The number of aryl methyl sites for hydroxylation is 3. The normalized spacial score (nSPS) is 22.3. The number of nitrogens with two attached hydrogens (primary N) is 3. The first-order valence-corrected chi connectivity index (χ1v) is 57.4. The quantitative estimate of drug-likeness (QED) is 0.0387. The van der Waals surface area contributed by atoms with Crippen molar-refractivity contribution in [3.05, 3.63) is 46.1 Å². The first-order valence-electron chi connectivity index (χ1n) is 26.7. The lowest BCUT2D eigenvalue weighted by molar-refractivity contribution is -0.142. The van der Waals surface area contributed by atoms with E-state index in [2.05, 4.69) is 110 Å². The highest BCUT2D eigenvalue weighted by atomic mass is 33.1. The van der Waals surface area contributed by atoms with Crippen molar-refractivity contribution in [2.75, 3.05) is 31.4 Å². The van der Waals surface area contributed by atoms with Gasteiger partial charge in [0.15, 0.2) is 35.6 Å². The van der Waals surface area contributed by atoms with Crippen LogP contribution in [0, 0.1) is 26.7 Å². The van der Waals surface area contributed by atoms with Gasteiger partial charge in [0.05, 0.1) is 92.6 Å². The summed E-state index contributed by atoms with van der Waals surface area (Å²) in [5, 5.41) is 27.6. The average Bonchev–Trinajstić information content (AvgIpc) is 1.64. The Morgan fingerprint density at radius 3 is 1.09 bits per heavy atom. The number of thiazole rings is 3. The van der Waals surface area contributed by atoms with Gasteiger partial charge in [0.2, 0.25) is 17.8 Å². The van der Waals surface area contributed by atoms with Crippen molar-refractivity contribution in [1.29, 1.82) is 0 Å². The highest BCUT2D eigenvalue weighted by Crippen LogP contribution is 3.00. The third-order valence-corrected chi connectivity index (χ3v) is 88.4. The Morgan fingerprint density at radius 2 is 0.857 bits per heavy atom. The molecule has 91 heavy (non-hydrogen) atoms. The van der Waals surface area contributed by atoms with Crippen LogP contribution in [-0.2, 0) is 38.1 Å². The molecule has 0 saturated carbocycles. The molecule has 0 amide bonds. The van der Waals surface area contributed by atoms with Crippen molar-refractivity contribution in [3.63, 3.8) is 0 Å². The molecule has 0 bridgehead atoms. The molecular weight excluding hydrogens is 1580 g/mol. The zero-order valence-corrected chi connectivity index (χ0v) is 71.8. The monoisotopic (exact) mass is 1660 g/mol. The molecule has 0 aromatic carbocycles. The molecule has 0 aliphatic carbocycles. The summed E-state index contributed by atoms with van der Waals surface area (Å²) in [6.45, 7) is 17.4. The lowest BCUT2D eigenvalue weighted by atomic mass is 10.2. The molecule has 9 rings (SSSR count). The molecule has 3 aliphatic heterocycles. The van der Waals surface area contributed by atoms with E-state index >= 15 is 0 Å². The van der Waals surface area contributed by atoms with E-state index in [1.54, 1.807) is 46.4 Å². The Kier molecular flexibility index (Phi) is 37.4. The topological polar surface area (TPSA) is 379 Å². The van der Waals surface area contributed by atoms with Crippen molar-refractivity contribution in [1.82, 2.24) is 43.6 Å². The first kappa shape index (κ1) is 84.8. The molecule has 9 heterocycles. The number of rotatable bonds is 16. The van der Waals surface area contributed by atoms with E-state index in [1.807, 2.05) is 27.7 Å². The van der Waals surface area contributed by atoms with Gasteiger partial charge < -0.3 is 56.2 Å². The zero-order valence-electron chi connectivity index (χ0n) is 51.0. The van der Waals surface area contributed by atoms with Crippen LogP contribution in [0.5, 0.6) is 0 Å². The molecule has 20 unspecified atom stereocenters. The van der Waals surface area contributed by atoms with Crippen LogP contribution in [0.2, 0.25) is 0 Å². The number of aromatic nitrogens is 9. The highest BCUT2D eigenvalue weighted by Gasteiger charge is 2.45. The van der Waals surface area contributed by atoms with Gasteiger partial charge in [0.1, 0.15) is 16.3 Å². The SMILES string of the molecule is CC.COC(=O)CC1SC(C(C)C)OC1n1c(=O)sc2c(C)nc(N)nc21.COC(=O)CC1SC([C@H](C)O)OC1n1c(=O)sc2c(C)nc(N)nc21.Cc1nc(N)nc2c1sc(=O)n2C1OC([C@H](C)O)SC1CC(=O)O.PP(P)P(P)P(P)P.PPP(P)P(P)P. The third-order valence-electron chi connectivity index (χ3n) is 12.2. The number of hydrogen-bond acceptors (Lipinski definition) is 28. The van der Waals surface area contributed by atoms with Gasteiger partial charge in [0, 0.05) is 0 Å². The summed E-state index contributed by atoms with van der Waals surface area (Å²) in [4.78, 5) is 96.3. The summed E-state index contributed by atoms with van der Waals surface area (Å²) in [5.41, 5.74) is 18.8. The van der Waals surface area contributed by atoms with Crippen molar-refractivity contribution in [3.8, 4) is 0 Å². The number of aliphatic carboxylic acids is 1. The molecule has 9 N–H and O–H groups in total. The summed E-state index contributed by atoms with van der Waals surface area (Å²) in [5.74, 6) is -1.35. The van der Waals surface area contributed by atoms with Gasteiger partial charge in [-0.3, -0.25) is 42.5 Å². The maximum absolute atomic E-state index is 12.6. The van der Waals surface area contributed by atoms with E-state index in [0.29, 0.717) is 48.1 Å². The number of fused-ring (bicyclic) bond motifs is 3. The van der Waals surface area contributed by atoms with Crippen LogP contribution < -0.4 is 31.8 Å². The Labute approximate surface area is 579 Å². The van der Waals surface area contributed by atoms with Crippen LogP contribution in [0.3, 0.4) is 0 Å². The fourth-order valence-corrected chi connectivity index (χ4v) is 59.8. The summed E-state index contributed by atoms with van der Waals surface area (Å²) < 4.78 is 33.3. The Balaban J connectivity index is 0.000000258. The minimum atomic E-state index is -1.01. The number of nitrogens with zero attached hydrogens (tertiary/aromatic N) is 9. The third kappa shape index (κ3) is 23.8. The van der Waals surface area contributed by atoms with Crippen LogP contribution in [0.4, 0.5) is 17.8 Å². The number of carboxylic acids is 1. The van der Waals surface area contributed by atoms with E-state index in [0.717, 1.165) is 42.0 Å². The van der Waals surface area contributed by atoms with E-state index in [9.17, 15) is 39.0 Å². The highest BCUT2D eigenvalue weighted by molar-refractivity contribution is 9.06. The van der Waals surface area contributed by atoms with Gasteiger partial charge in [-0.05, 0) is 75.5 Å². The Hall–Kier alpha value is 1.42. The maximum atomic E-state index is 12.6. The predicted octanol–water partition coefficient (Wildman–Crippen LogP) is 12.0. The largest absolute Gasteiger partial charge is 0.481 e. The fraction of sp³-hybridized carbons (Fsp3) is 0.591. The fourth-order valence-electron chi connectivity index (χ4n) is 8.14. The van der Waals surface area contributed by atoms with Crippen LogP contribution in [0.1, 0.15) is 96.6 Å². The Bertz CT molecular complexity index is 3450. The van der Waals surface area contributed by atoms with E-state index in [-0.39, 0.29) is 109 Å². The second-order valence-corrected chi connectivity index (χ2v) is 76.4. The summed E-state index contributed by atoms with van der Waals surface area (Å²) in [6.07, 6.45) is -3.81. The Morgan fingerprint density at radius 1 is 0.560 bits per heavy atom. The first-order chi connectivity index (χ1) is 42.6. The van der Waals surface area contributed by atoms with Crippen molar-refractivity contribution in [2.45, 2.75) is 145 Å². The number of carbonyl (C=O) groups is 3. The van der Waals surface area contributed by atoms with E-state index < -0.39 is 64.2 Å². The predicted molar refractivity (Wildman–Crippen MR) is 424 cm³/mol. The van der Waals surface area contributed by atoms with Crippen LogP contribution in [-0.4, -0.2) is 135 Å². The van der Waals surface area contributed by atoms with Crippen molar-refractivity contribution < 1.29 is 53.4 Å². The number of methoxy groups -OCH3 is 2. The average molecular weight is 1660 g/mol. The molecule has 6 aromatic rings. The standard InChI is InChI=1S/C15H20N4O4S2.C14H18N4O5S2.C13H16N4O5S2.C2H6.H10P8.H9P7/c1-6(2)13-23-12(8(24-13)5-9(20)22-4)19-11-10(25-15(19)21)7(3)17-14(16)18-11;1-5-9-10(17-13(15)16-5)18(14(21)25-9)11-7(4-8(20)22-3)24-12(23-11)6(2)19;1-4-8-9(16-12(14)15-4)17(13(21)24-8)10-6(3-7(19)20)23-11(22-10)5(2)18;1-2;1-6(2)8(5)7(3)4;1-5-7(4)6(2)3/h6,8,12-13H,5H2,1-4H3,(H2,16,17,18);6-7,11-12,19H,4H2,1-3H3,(H2,15,16,17);5-6,10-11,18H,3H2,1-2H3,(H,19,20)(H2,14,15,16);1-2H3;1-5H2;5H,1-4H2/t;6-,7?,11?,12?;5-,6?,10?,11?;;;/m.00.../s1. The van der Waals surface area contributed by atoms with Gasteiger partial charge in [-0.1, -0.05) is 69.7 Å². The van der Waals surface area contributed by atoms with Crippen molar-refractivity contribution in [2.24, 2.45) is 5.92 Å². The summed E-state index contributed by atoms with van der Waals surface area (Å²) in [7, 11) is 29.5. The number of ether oxygens (including phenoxy) is 5. The molecule has 47 heteroatoms. The van der Waals surface area contributed by atoms with E-state index in [1.165, 1.54) is 51.4 Å².